The van der Waals surface area contributed by atoms with Crippen LogP contribution in [0.2, 0.25) is 5.02 Å². The summed E-state index contributed by atoms with van der Waals surface area (Å²) in [5.41, 5.74) is 0.276. The molecule has 0 bridgehead atoms. The molecule has 0 spiro atoms. The van der Waals surface area contributed by atoms with Crippen molar-refractivity contribution in [1.82, 2.24) is 19.8 Å². The summed E-state index contributed by atoms with van der Waals surface area (Å²) in [6.07, 6.45) is 5.69. The Hall–Kier alpha value is -3.39. The molecule has 2 amide bonds. The van der Waals surface area contributed by atoms with E-state index in [0.29, 0.717) is 28.9 Å². The molecule has 9 heteroatoms. The number of hydrogen-bond acceptors (Lipinski definition) is 4. The first-order valence-electron chi connectivity index (χ1n) is 12.5. The van der Waals surface area contributed by atoms with Gasteiger partial charge < -0.3 is 10.6 Å². The molecule has 1 saturated carbocycles. The first kappa shape index (κ1) is 25.7. The summed E-state index contributed by atoms with van der Waals surface area (Å²) < 4.78 is 2.48. The number of halogens is 1. The second kappa shape index (κ2) is 12.0. The van der Waals surface area contributed by atoms with Crippen molar-refractivity contribution in [2.45, 2.75) is 70.6 Å². The molecule has 3 aromatic rings. The fraction of sp³-hybridized carbons (Fsp3) is 0.407. The van der Waals surface area contributed by atoms with Gasteiger partial charge in [0.15, 0.2) is 0 Å². The topological polar surface area (TPSA) is 102 Å². The second-order valence-corrected chi connectivity index (χ2v) is 9.62. The van der Waals surface area contributed by atoms with Crippen molar-refractivity contribution in [3.63, 3.8) is 0 Å². The number of fused-ring (bicyclic) bond motifs is 1. The zero-order valence-corrected chi connectivity index (χ0v) is 20.9. The van der Waals surface area contributed by atoms with Crippen LogP contribution in [0.1, 0.15) is 50.5 Å². The Labute approximate surface area is 214 Å². The third-order valence-electron chi connectivity index (χ3n) is 6.62. The van der Waals surface area contributed by atoms with Crippen molar-refractivity contribution in [3.8, 4) is 0 Å². The first-order valence-corrected chi connectivity index (χ1v) is 12.8. The standard InChI is InChI=1S/C27H31ClN4O4/c28-22-13-6-4-9-19(22)17-29-24(33)15-8-16-31-26(35)21-12-5-7-14-23(21)32(27(31)36)18-25(34)30-20-10-2-1-3-11-20/h4-7,9,12-14,20H,1-3,8,10-11,15-18H2,(H,29,33)(H,30,34). The highest BCUT2D eigenvalue weighted by molar-refractivity contribution is 6.31. The minimum absolute atomic E-state index is 0.0757. The van der Waals surface area contributed by atoms with E-state index >= 15 is 0 Å². The van der Waals surface area contributed by atoms with E-state index in [0.717, 1.165) is 35.8 Å². The van der Waals surface area contributed by atoms with Crippen LogP contribution in [0.25, 0.3) is 10.9 Å². The summed E-state index contributed by atoms with van der Waals surface area (Å²) in [4.78, 5) is 51.4. The summed E-state index contributed by atoms with van der Waals surface area (Å²) in [6.45, 7) is 0.220. The summed E-state index contributed by atoms with van der Waals surface area (Å²) >= 11 is 6.13. The predicted molar refractivity (Wildman–Crippen MR) is 140 cm³/mol. The van der Waals surface area contributed by atoms with Crippen molar-refractivity contribution in [2.75, 3.05) is 0 Å². The first-order chi connectivity index (χ1) is 17.4. The average Bonchev–Trinajstić information content (AvgIpc) is 2.88. The van der Waals surface area contributed by atoms with Gasteiger partial charge in [0.2, 0.25) is 11.8 Å². The lowest BCUT2D eigenvalue weighted by Gasteiger charge is -2.23. The van der Waals surface area contributed by atoms with Crippen LogP contribution in [0.3, 0.4) is 0 Å². The van der Waals surface area contributed by atoms with Crippen LogP contribution in [-0.2, 0) is 29.2 Å². The normalized spacial score (nSPS) is 14.0. The second-order valence-electron chi connectivity index (χ2n) is 9.22. The highest BCUT2D eigenvalue weighted by atomic mass is 35.5. The van der Waals surface area contributed by atoms with Crippen molar-refractivity contribution in [1.29, 1.82) is 0 Å². The fourth-order valence-electron chi connectivity index (χ4n) is 4.71. The van der Waals surface area contributed by atoms with Gasteiger partial charge >= 0.3 is 5.69 Å². The zero-order valence-electron chi connectivity index (χ0n) is 20.2. The molecule has 2 N–H and O–H groups in total. The van der Waals surface area contributed by atoms with E-state index in [1.165, 1.54) is 11.0 Å². The minimum Gasteiger partial charge on any atom is -0.352 e. The summed E-state index contributed by atoms with van der Waals surface area (Å²) in [5, 5.41) is 6.79. The van der Waals surface area contributed by atoms with E-state index < -0.39 is 11.2 Å². The molecule has 1 aliphatic carbocycles. The van der Waals surface area contributed by atoms with Crippen LogP contribution in [0.15, 0.2) is 58.1 Å². The van der Waals surface area contributed by atoms with Gasteiger partial charge in [0.1, 0.15) is 6.54 Å². The third kappa shape index (κ3) is 6.23. The molecule has 190 valence electrons. The molecule has 1 aromatic heterocycles. The largest absolute Gasteiger partial charge is 0.352 e. The number of amides is 2. The molecular formula is C27H31ClN4O4. The van der Waals surface area contributed by atoms with Gasteiger partial charge in [-0.15, -0.1) is 0 Å². The van der Waals surface area contributed by atoms with Crippen LogP contribution in [0.5, 0.6) is 0 Å². The zero-order chi connectivity index (χ0) is 25.5. The number of carbonyl (C=O) groups is 2. The molecule has 4 rings (SSSR count). The maximum Gasteiger partial charge on any atom is 0.331 e. The number of benzene rings is 2. The van der Waals surface area contributed by atoms with Gasteiger partial charge in [-0.25, -0.2) is 4.79 Å². The van der Waals surface area contributed by atoms with Gasteiger partial charge in [-0.05, 0) is 43.0 Å². The lowest BCUT2D eigenvalue weighted by molar-refractivity contribution is -0.123. The molecule has 1 heterocycles. The van der Waals surface area contributed by atoms with Crippen LogP contribution >= 0.6 is 11.6 Å². The molecule has 0 aliphatic heterocycles. The van der Waals surface area contributed by atoms with Gasteiger partial charge in [0.25, 0.3) is 5.56 Å². The van der Waals surface area contributed by atoms with E-state index in [9.17, 15) is 19.2 Å². The summed E-state index contributed by atoms with van der Waals surface area (Å²) in [5.74, 6) is -0.436. The molecule has 1 fully saturated rings. The smallest absolute Gasteiger partial charge is 0.331 e. The maximum atomic E-state index is 13.3. The Balaban J connectivity index is 1.45. The minimum atomic E-state index is -0.547. The predicted octanol–water partition coefficient (Wildman–Crippen LogP) is 3.36. The Kier molecular flexibility index (Phi) is 8.59. The van der Waals surface area contributed by atoms with Crippen LogP contribution < -0.4 is 21.9 Å². The maximum absolute atomic E-state index is 13.3. The van der Waals surface area contributed by atoms with Gasteiger partial charge in [-0.1, -0.05) is 61.2 Å². The van der Waals surface area contributed by atoms with Gasteiger partial charge in [-0.3, -0.25) is 23.5 Å². The molecule has 0 unspecified atom stereocenters. The Morgan fingerprint density at radius 3 is 2.42 bits per heavy atom. The van der Waals surface area contributed by atoms with Crippen molar-refractivity contribution in [3.05, 3.63) is 80.0 Å². The molecular weight excluding hydrogens is 480 g/mol. The molecule has 0 saturated heterocycles. The monoisotopic (exact) mass is 510 g/mol. The number of aromatic nitrogens is 2. The Morgan fingerprint density at radius 2 is 1.64 bits per heavy atom. The van der Waals surface area contributed by atoms with Crippen molar-refractivity contribution >= 4 is 34.3 Å². The van der Waals surface area contributed by atoms with E-state index in [2.05, 4.69) is 10.6 Å². The SMILES string of the molecule is O=C(CCCn1c(=O)c2ccccc2n(CC(=O)NC2CCCCC2)c1=O)NCc1ccccc1Cl. The lowest BCUT2D eigenvalue weighted by Crippen LogP contribution is -2.44. The highest BCUT2D eigenvalue weighted by Crippen LogP contribution is 2.17. The molecule has 36 heavy (non-hydrogen) atoms. The third-order valence-corrected chi connectivity index (χ3v) is 6.99. The molecule has 0 radical (unpaired) electrons. The van der Waals surface area contributed by atoms with Gasteiger partial charge in [0, 0.05) is 30.6 Å². The number of para-hydroxylation sites is 1. The molecule has 0 atom stereocenters. The van der Waals surface area contributed by atoms with Crippen LogP contribution in [0, 0.1) is 0 Å². The number of nitrogens with zero attached hydrogens (tertiary/aromatic N) is 2. The average molecular weight is 511 g/mol. The van der Waals surface area contributed by atoms with Gasteiger partial charge in [0.05, 0.1) is 10.9 Å². The number of rotatable bonds is 9. The van der Waals surface area contributed by atoms with Crippen molar-refractivity contribution in [2.24, 2.45) is 0 Å². The molecule has 2 aromatic carbocycles. The highest BCUT2D eigenvalue weighted by Gasteiger charge is 2.19. The van der Waals surface area contributed by atoms with E-state index in [4.69, 9.17) is 11.6 Å². The van der Waals surface area contributed by atoms with Crippen LogP contribution in [-0.4, -0.2) is 27.0 Å². The van der Waals surface area contributed by atoms with E-state index in [1.807, 2.05) is 18.2 Å². The van der Waals surface area contributed by atoms with Crippen molar-refractivity contribution < 1.29 is 9.59 Å². The quantitative estimate of drug-likeness (QED) is 0.460. The fourth-order valence-corrected chi connectivity index (χ4v) is 4.91. The number of hydrogen-bond donors (Lipinski definition) is 2. The Morgan fingerprint density at radius 1 is 0.917 bits per heavy atom. The molecule has 8 nitrogen and oxygen atoms in total. The number of carbonyl (C=O) groups excluding carboxylic acids is 2. The summed E-state index contributed by atoms with van der Waals surface area (Å²) in [7, 11) is 0. The molecule has 1 aliphatic rings. The van der Waals surface area contributed by atoms with E-state index in [1.54, 1.807) is 30.3 Å². The Bertz CT molecular complexity index is 1360. The van der Waals surface area contributed by atoms with Gasteiger partial charge in [-0.2, -0.15) is 0 Å². The lowest BCUT2D eigenvalue weighted by atomic mass is 9.95. The van der Waals surface area contributed by atoms with E-state index in [-0.39, 0.29) is 37.4 Å². The number of nitrogens with one attached hydrogen (secondary N) is 2. The van der Waals surface area contributed by atoms with Crippen LogP contribution in [0.4, 0.5) is 0 Å². The summed E-state index contributed by atoms with van der Waals surface area (Å²) in [6, 6.07) is 14.2.